The summed E-state index contributed by atoms with van der Waals surface area (Å²) in [5, 5.41) is 3.22. The zero-order valence-electron chi connectivity index (χ0n) is 15.5. The van der Waals surface area contributed by atoms with Crippen LogP contribution in [0.15, 0.2) is 0 Å². The first-order valence-corrected chi connectivity index (χ1v) is 9.27. The molecule has 2 atom stereocenters. The predicted octanol–water partition coefficient (Wildman–Crippen LogP) is 0.364. The molecule has 3 fully saturated rings. The quantitative estimate of drug-likeness (QED) is 0.727. The van der Waals surface area contributed by atoms with E-state index in [0.29, 0.717) is 38.9 Å². The number of carbonyl (C=O) groups is 2. The van der Waals surface area contributed by atoms with Crippen LogP contribution in [0.4, 0.5) is 0 Å². The molecule has 26 heavy (non-hydrogen) atoms. The number of ether oxygens (including phenoxy) is 1. The fraction of sp³-hybridized carbons (Fsp3) is 0.882. The van der Waals surface area contributed by atoms with Crippen LogP contribution in [0.25, 0.3) is 0 Å². The lowest BCUT2D eigenvalue weighted by Crippen LogP contribution is -2.58. The summed E-state index contributed by atoms with van der Waals surface area (Å²) in [4.78, 5) is 31.1. The molecule has 1 N–H and O–H groups in total. The van der Waals surface area contributed by atoms with Gasteiger partial charge in [-0.1, -0.05) is 0 Å². The van der Waals surface area contributed by atoms with Crippen LogP contribution >= 0.6 is 24.8 Å². The Labute approximate surface area is 168 Å². The van der Waals surface area contributed by atoms with E-state index < -0.39 is 0 Å². The van der Waals surface area contributed by atoms with Crippen LogP contribution in [0.5, 0.6) is 0 Å². The summed E-state index contributed by atoms with van der Waals surface area (Å²) in [5.74, 6) is 0.370. The average Bonchev–Trinajstić information content (AvgIpc) is 2.63. The number of nitrogens with one attached hydrogen (secondary N) is 1. The molecule has 0 aromatic carbocycles. The molecular formula is C17H32Cl2N4O3. The number of piperidine rings is 1. The summed E-state index contributed by atoms with van der Waals surface area (Å²) in [6, 6.07) is 0.160. The Bertz CT molecular complexity index is 455. The van der Waals surface area contributed by atoms with Crippen molar-refractivity contribution >= 4 is 36.6 Å². The Morgan fingerprint density at radius 2 is 1.81 bits per heavy atom. The number of amides is 2. The SMILES string of the molecule is CC1CCCCN1C(=O)CN1CCN(C(=O)C2COCCN2)CC1.Cl.Cl. The van der Waals surface area contributed by atoms with Crippen molar-refractivity contribution in [2.45, 2.75) is 38.3 Å². The van der Waals surface area contributed by atoms with Crippen molar-refractivity contribution in [3.05, 3.63) is 0 Å². The summed E-state index contributed by atoms with van der Waals surface area (Å²) >= 11 is 0. The van der Waals surface area contributed by atoms with Crippen LogP contribution < -0.4 is 5.32 Å². The highest BCUT2D eigenvalue weighted by Gasteiger charge is 2.30. The van der Waals surface area contributed by atoms with E-state index in [4.69, 9.17) is 4.74 Å². The molecule has 7 nitrogen and oxygen atoms in total. The molecule has 0 aromatic heterocycles. The Morgan fingerprint density at radius 3 is 2.42 bits per heavy atom. The first-order valence-electron chi connectivity index (χ1n) is 9.27. The monoisotopic (exact) mass is 410 g/mol. The van der Waals surface area contributed by atoms with E-state index in [9.17, 15) is 9.59 Å². The van der Waals surface area contributed by atoms with E-state index in [1.54, 1.807) is 0 Å². The van der Waals surface area contributed by atoms with Crippen LogP contribution in [0.3, 0.4) is 0 Å². The standard InChI is InChI=1S/C17H30N4O3.2ClH/c1-14-4-2-3-6-21(14)16(22)12-19-7-9-20(10-8-19)17(23)15-13-24-11-5-18-15;;/h14-15,18H,2-13H2,1H3;2*1H. The normalized spacial score (nSPS) is 27.3. The molecule has 3 rings (SSSR count). The highest BCUT2D eigenvalue weighted by Crippen LogP contribution is 2.17. The first kappa shape index (κ1) is 23.4. The Hall–Kier alpha value is -0.600. The number of morpholine rings is 1. The number of rotatable bonds is 3. The molecule has 3 saturated heterocycles. The zero-order valence-corrected chi connectivity index (χ0v) is 17.2. The maximum absolute atomic E-state index is 12.5. The second-order valence-corrected chi connectivity index (χ2v) is 7.11. The number of hydrogen-bond donors (Lipinski definition) is 1. The van der Waals surface area contributed by atoms with Crippen LogP contribution in [-0.2, 0) is 14.3 Å². The number of carbonyl (C=O) groups excluding carboxylic acids is 2. The number of likely N-dealkylation sites (tertiary alicyclic amines) is 1. The van der Waals surface area contributed by atoms with Gasteiger partial charge in [0.2, 0.25) is 11.8 Å². The van der Waals surface area contributed by atoms with Crippen molar-refractivity contribution in [1.29, 1.82) is 0 Å². The Balaban J connectivity index is 0.00000169. The number of nitrogens with zero attached hydrogens (tertiary/aromatic N) is 3. The van der Waals surface area contributed by atoms with Crippen LogP contribution in [0.2, 0.25) is 0 Å². The fourth-order valence-corrected chi connectivity index (χ4v) is 3.82. The summed E-state index contributed by atoms with van der Waals surface area (Å²) in [6.45, 7) is 8.33. The molecule has 2 unspecified atom stereocenters. The summed E-state index contributed by atoms with van der Waals surface area (Å²) < 4.78 is 5.37. The van der Waals surface area contributed by atoms with Crippen molar-refractivity contribution in [3.63, 3.8) is 0 Å². The Kier molecular flexibility index (Phi) is 10.2. The first-order chi connectivity index (χ1) is 11.6. The van der Waals surface area contributed by atoms with Gasteiger partial charge in [0.15, 0.2) is 0 Å². The van der Waals surface area contributed by atoms with Gasteiger partial charge in [-0.25, -0.2) is 0 Å². The van der Waals surface area contributed by atoms with E-state index in [0.717, 1.165) is 39.0 Å². The molecule has 0 saturated carbocycles. The van der Waals surface area contributed by atoms with Crippen LogP contribution in [-0.4, -0.2) is 97.6 Å². The van der Waals surface area contributed by atoms with Crippen molar-refractivity contribution < 1.29 is 14.3 Å². The average molecular weight is 411 g/mol. The molecule has 0 bridgehead atoms. The molecule has 0 aliphatic carbocycles. The minimum Gasteiger partial charge on any atom is -0.378 e. The summed E-state index contributed by atoms with van der Waals surface area (Å²) in [6.07, 6.45) is 3.46. The van der Waals surface area contributed by atoms with Gasteiger partial charge < -0.3 is 19.9 Å². The summed E-state index contributed by atoms with van der Waals surface area (Å²) in [7, 11) is 0. The second-order valence-electron chi connectivity index (χ2n) is 7.11. The number of hydrogen-bond acceptors (Lipinski definition) is 5. The molecule has 3 aliphatic heterocycles. The smallest absolute Gasteiger partial charge is 0.242 e. The van der Waals surface area contributed by atoms with Crippen LogP contribution in [0, 0.1) is 0 Å². The van der Waals surface area contributed by atoms with Gasteiger partial charge in [0, 0.05) is 45.3 Å². The molecule has 152 valence electrons. The molecule has 0 aromatic rings. The van der Waals surface area contributed by atoms with Crippen molar-refractivity contribution in [1.82, 2.24) is 20.0 Å². The molecule has 0 spiro atoms. The summed E-state index contributed by atoms with van der Waals surface area (Å²) in [5.41, 5.74) is 0. The maximum atomic E-state index is 12.5. The van der Waals surface area contributed by atoms with E-state index in [-0.39, 0.29) is 42.7 Å². The largest absolute Gasteiger partial charge is 0.378 e. The lowest BCUT2D eigenvalue weighted by molar-refractivity contribution is -0.139. The lowest BCUT2D eigenvalue weighted by Gasteiger charge is -2.39. The molecule has 0 radical (unpaired) electrons. The molecule has 2 amide bonds. The fourth-order valence-electron chi connectivity index (χ4n) is 3.82. The maximum Gasteiger partial charge on any atom is 0.242 e. The highest BCUT2D eigenvalue weighted by molar-refractivity contribution is 5.85. The van der Waals surface area contributed by atoms with Crippen molar-refractivity contribution in [2.24, 2.45) is 0 Å². The Morgan fingerprint density at radius 1 is 1.08 bits per heavy atom. The molecular weight excluding hydrogens is 379 g/mol. The lowest BCUT2D eigenvalue weighted by atomic mass is 10.0. The van der Waals surface area contributed by atoms with Crippen molar-refractivity contribution in [2.75, 3.05) is 59.0 Å². The molecule has 9 heteroatoms. The minimum absolute atomic E-state index is 0. The minimum atomic E-state index is -0.207. The van der Waals surface area contributed by atoms with Gasteiger partial charge in [-0.05, 0) is 26.2 Å². The van der Waals surface area contributed by atoms with E-state index >= 15 is 0 Å². The van der Waals surface area contributed by atoms with Gasteiger partial charge in [0.05, 0.1) is 19.8 Å². The zero-order chi connectivity index (χ0) is 16.9. The third-order valence-electron chi connectivity index (χ3n) is 5.39. The van der Waals surface area contributed by atoms with Gasteiger partial charge >= 0.3 is 0 Å². The third-order valence-corrected chi connectivity index (χ3v) is 5.39. The second kappa shape index (κ2) is 11.3. The van der Waals surface area contributed by atoms with Gasteiger partial charge in [0.1, 0.15) is 6.04 Å². The number of halogens is 2. The van der Waals surface area contributed by atoms with Crippen LogP contribution in [0.1, 0.15) is 26.2 Å². The third kappa shape index (κ3) is 5.96. The van der Waals surface area contributed by atoms with E-state index in [1.165, 1.54) is 6.42 Å². The highest BCUT2D eigenvalue weighted by atomic mass is 35.5. The van der Waals surface area contributed by atoms with Crippen molar-refractivity contribution in [3.8, 4) is 0 Å². The van der Waals surface area contributed by atoms with Gasteiger partial charge in [-0.2, -0.15) is 0 Å². The van der Waals surface area contributed by atoms with Gasteiger partial charge in [0.25, 0.3) is 0 Å². The molecule has 3 aliphatic rings. The van der Waals surface area contributed by atoms with E-state index in [2.05, 4.69) is 17.1 Å². The van der Waals surface area contributed by atoms with Gasteiger partial charge in [-0.15, -0.1) is 24.8 Å². The van der Waals surface area contributed by atoms with Gasteiger partial charge in [-0.3, -0.25) is 14.5 Å². The predicted molar refractivity (Wildman–Crippen MR) is 105 cm³/mol. The molecule has 3 heterocycles. The topological polar surface area (TPSA) is 65.1 Å². The number of piperazine rings is 1. The van der Waals surface area contributed by atoms with E-state index in [1.807, 2.05) is 9.80 Å².